The highest BCUT2D eigenvalue weighted by Crippen LogP contribution is 2.40. The van der Waals surface area contributed by atoms with E-state index in [1.54, 1.807) is 5.38 Å². The Morgan fingerprint density at radius 2 is 1.51 bits per heavy atom. The SMILES string of the molecule is NC1=NCCC1ON=C(C(=O)O)c1csc(NC(c2ccccc2)(c2ccccc2)c2ccccc2)n1. The third-order valence-electron chi connectivity index (χ3n) is 6.15. The lowest BCUT2D eigenvalue weighted by molar-refractivity contribution is -0.129. The third-order valence-corrected chi connectivity index (χ3v) is 6.91. The van der Waals surface area contributed by atoms with Gasteiger partial charge in [-0.2, -0.15) is 0 Å². The fraction of sp³-hybridized carbons (Fsp3) is 0.143. The molecule has 0 radical (unpaired) electrons. The van der Waals surface area contributed by atoms with Gasteiger partial charge in [0.1, 0.15) is 17.1 Å². The summed E-state index contributed by atoms with van der Waals surface area (Å²) in [4.78, 5) is 26.1. The Morgan fingerprint density at radius 3 is 1.97 bits per heavy atom. The number of nitrogens with two attached hydrogens (primary N) is 1. The van der Waals surface area contributed by atoms with Gasteiger partial charge in [-0.25, -0.2) is 9.78 Å². The van der Waals surface area contributed by atoms with E-state index in [0.717, 1.165) is 16.7 Å². The minimum absolute atomic E-state index is 0.191. The molecule has 1 aromatic heterocycles. The fourth-order valence-corrected chi connectivity index (χ4v) is 5.11. The number of hydrogen-bond donors (Lipinski definition) is 3. The van der Waals surface area contributed by atoms with Crippen LogP contribution in [0, 0.1) is 0 Å². The molecule has 9 heteroatoms. The van der Waals surface area contributed by atoms with Crippen LogP contribution in [0.4, 0.5) is 5.13 Å². The second kappa shape index (κ2) is 10.6. The Morgan fingerprint density at radius 1 is 0.973 bits per heavy atom. The summed E-state index contributed by atoms with van der Waals surface area (Å²) < 4.78 is 0. The Balaban J connectivity index is 1.57. The Kier molecular flexibility index (Phi) is 6.96. The maximum absolute atomic E-state index is 12.0. The minimum Gasteiger partial charge on any atom is -0.476 e. The molecule has 8 nitrogen and oxygen atoms in total. The summed E-state index contributed by atoms with van der Waals surface area (Å²) >= 11 is 1.29. The van der Waals surface area contributed by atoms with Gasteiger partial charge in [-0.15, -0.1) is 11.3 Å². The summed E-state index contributed by atoms with van der Waals surface area (Å²) in [5, 5.41) is 19.5. The molecule has 2 heterocycles. The number of oxime groups is 1. The van der Waals surface area contributed by atoms with Crippen LogP contribution in [-0.2, 0) is 15.2 Å². The summed E-state index contributed by atoms with van der Waals surface area (Å²) in [6, 6.07) is 30.3. The van der Waals surface area contributed by atoms with E-state index in [-0.39, 0.29) is 11.4 Å². The van der Waals surface area contributed by atoms with Gasteiger partial charge in [0.15, 0.2) is 11.2 Å². The van der Waals surface area contributed by atoms with Crippen molar-refractivity contribution >= 4 is 34.0 Å². The Labute approximate surface area is 218 Å². The Hall–Kier alpha value is -4.50. The number of nitrogens with zero attached hydrogens (tertiary/aromatic N) is 3. The molecule has 0 amide bonds. The first-order chi connectivity index (χ1) is 18.1. The molecule has 0 aliphatic carbocycles. The predicted octanol–water partition coefficient (Wildman–Crippen LogP) is 4.48. The normalized spacial score (nSPS) is 15.7. The molecular weight excluding hydrogens is 486 g/mol. The lowest BCUT2D eigenvalue weighted by Crippen LogP contribution is -2.38. The van der Waals surface area contributed by atoms with Crippen molar-refractivity contribution in [1.29, 1.82) is 0 Å². The molecule has 1 unspecified atom stereocenters. The summed E-state index contributed by atoms with van der Waals surface area (Å²) in [6.07, 6.45) is 0.0207. The molecule has 1 atom stereocenters. The van der Waals surface area contributed by atoms with Gasteiger partial charge in [0.05, 0.1) is 0 Å². The minimum atomic E-state index is -1.24. The zero-order chi connectivity index (χ0) is 25.7. The highest BCUT2D eigenvalue weighted by Gasteiger charge is 2.37. The van der Waals surface area contributed by atoms with Crippen LogP contribution >= 0.6 is 11.3 Å². The number of benzene rings is 3. The number of aromatic nitrogens is 1. The summed E-state index contributed by atoms with van der Waals surface area (Å²) in [5.41, 5.74) is 7.94. The lowest BCUT2D eigenvalue weighted by Gasteiger charge is -2.36. The highest BCUT2D eigenvalue weighted by atomic mass is 32.1. The van der Waals surface area contributed by atoms with E-state index in [4.69, 9.17) is 10.6 Å². The first kappa shape index (κ1) is 24.2. The molecule has 37 heavy (non-hydrogen) atoms. The molecule has 1 aliphatic heterocycles. The Bertz CT molecular complexity index is 1330. The number of rotatable bonds is 9. The number of hydrogen-bond acceptors (Lipinski definition) is 8. The van der Waals surface area contributed by atoms with Crippen molar-refractivity contribution < 1.29 is 14.7 Å². The molecule has 4 N–H and O–H groups in total. The number of aliphatic imine (C=N–C) groups is 1. The molecule has 4 aromatic rings. The van der Waals surface area contributed by atoms with Crippen LogP contribution in [0.15, 0.2) is 107 Å². The standard InChI is InChI=1S/C28H25N5O3S/c29-25-23(16-17-30-25)36-33-24(26(34)35)22-18-37-27(31-22)32-28(19-10-4-1-5-11-19,20-12-6-2-7-13-20)21-14-8-3-9-15-21/h1-15,18,23H,16-17H2,(H2,29,30)(H,31,32)(H,34,35). The number of aliphatic carboxylic acids is 1. The van der Waals surface area contributed by atoms with Gasteiger partial charge in [0.25, 0.3) is 0 Å². The van der Waals surface area contributed by atoms with E-state index < -0.39 is 17.6 Å². The lowest BCUT2D eigenvalue weighted by atomic mass is 9.77. The first-order valence-corrected chi connectivity index (χ1v) is 12.6. The molecule has 186 valence electrons. The highest BCUT2D eigenvalue weighted by molar-refractivity contribution is 7.14. The number of nitrogens with one attached hydrogen (secondary N) is 1. The number of carboxylic acids is 1. The molecule has 3 aromatic carbocycles. The maximum atomic E-state index is 12.0. The predicted molar refractivity (Wildman–Crippen MR) is 145 cm³/mol. The second-order valence-electron chi connectivity index (χ2n) is 8.45. The van der Waals surface area contributed by atoms with Crippen molar-refractivity contribution in [3.05, 3.63) is 119 Å². The second-order valence-corrected chi connectivity index (χ2v) is 9.30. The van der Waals surface area contributed by atoms with E-state index >= 15 is 0 Å². The van der Waals surface area contributed by atoms with E-state index in [9.17, 15) is 9.90 Å². The quantitative estimate of drug-likeness (QED) is 0.173. The third kappa shape index (κ3) is 4.94. The maximum Gasteiger partial charge on any atom is 0.360 e. The summed E-state index contributed by atoms with van der Waals surface area (Å²) in [5.74, 6) is -0.932. The van der Waals surface area contributed by atoms with Gasteiger partial charge in [-0.05, 0) is 16.7 Å². The molecule has 0 spiro atoms. The van der Waals surface area contributed by atoms with Crippen LogP contribution in [0.2, 0.25) is 0 Å². The smallest absolute Gasteiger partial charge is 0.360 e. The van der Waals surface area contributed by atoms with Crippen LogP contribution in [0.5, 0.6) is 0 Å². The van der Waals surface area contributed by atoms with E-state index in [0.29, 0.717) is 23.9 Å². The number of amidine groups is 1. The van der Waals surface area contributed by atoms with Gasteiger partial charge in [0, 0.05) is 18.3 Å². The zero-order valence-corrected chi connectivity index (χ0v) is 20.6. The van der Waals surface area contributed by atoms with Crippen LogP contribution in [-0.4, -0.2) is 40.3 Å². The number of carbonyl (C=O) groups is 1. The van der Waals surface area contributed by atoms with Gasteiger partial charge in [0.2, 0.25) is 5.71 Å². The number of carboxylic acid groups (broad SMARTS) is 1. The van der Waals surface area contributed by atoms with Gasteiger partial charge < -0.3 is 21.0 Å². The zero-order valence-electron chi connectivity index (χ0n) is 19.8. The van der Waals surface area contributed by atoms with Gasteiger partial charge >= 0.3 is 5.97 Å². The van der Waals surface area contributed by atoms with Crippen LogP contribution in [0.25, 0.3) is 0 Å². The van der Waals surface area contributed by atoms with Crippen LogP contribution < -0.4 is 11.1 Å². The topological polar surface area (TPSA) is 122 Å². The van der Waals surface area contributed by atoms with Crippen LogP contribution in [0.3, 0.4) is 0 Å². The molecular formula is C28H25N5O3S. The van der Waals surface area contributed by atoms with E-state index in [1.807, 2.05) is 54.6 Å². The monoisotopic (exact) mass is 511 g/mol. The molecule has 5 rings (SSSR count). The average molecular weight is 512 g/mol. The fourth-order valence-electron chi connectivity index (χ4n) is 4.36. The van der Waals surface area contributed by atoms with Crippen molar-refractivity contribution in [1.82, 2.24) is 4.98 Å². The number of anilines is 1. The van der Waals surface area contributed by atoms with Gasteiger partial charge in [-0.3, -0.25) is 4.99 Å². The molecule has 0 fully saturated rings. The largest absolute Gasteiger partial charge is 0.476 e. The summed E-state index contributed by atoms with van der Waals surface area (Å²) in [6.45, 7) is 0.528. The van der Waals surface area contributed by atoms with Crippen LogP contribution in [0.1, 0.15) is 28.8 Å². The van der Waals surface area contributed by atoms with Crippen molar-refractivity contribution in [3.8, 4) is 0 Å². The summed E-state index contributed by atoms with van der Waals surface area (Å²) in [7, 11) is 0. The molecule has 0 saturated carbocycles. The molecule has 0 bridgehead atoms. The molecule has 0 saturated heterocycles. The van der Waals surface area contributed by atoms with E-state index in [2.05, 4.69) is 56.8 Å². The molecule has 1 aliphatic rings. The average Bonchev–Trinajstić information content (AvgIpc) is 3.57. The van der Waals surface area contributed by atoms with E-state index in [1.165, 1.54) is 11.3 Å². The first-order valence-electron chi connectivity index (χ1n) is 11.8. The van der Waals surface area contributed by atoms with Gasteiger partial charge in [-0.1, -0.05) is 96.2 Å². The number of thiazole rings is 1. The van der Waals surface area contributed by atoms with Crippen molar-refractivity contribution in [2.75, 3.05) is 11.9 Å². The van der Waals surface area contributed by atoms with Crippen molar-refractivity contribution in [2.45, 2.75) is 18.1 Å². The van der Waals surface area contributed by atoms with Crippen molar-refractivity contribution in [3.63, 3.8) is 0 Å². The van der Waals surface area contributed by atoms with Crippen molar-refractivity contribution in [2.24, 2.45) is 15.9 Å².